The summed E-state index contributed by atoms with van der Waals surface area (Å²) in [5, 5.41) is 8.83. The third-order valence-electron chi connectivity index (χ3n) is 4.93. The van der Waals surface area contributed by atoms with Gasteiger partial charge in [-0.25, -0.2) is 9.97 Å². The number of carbonyl (C=O) groups excluding carboxylic acids is 1. The molecule has 1 aromatic heterocycles. The number of carbonyl (C=O) groups is 1. The molecule has 1 aromatic carbocycles. The fourth-order valence-corrected chi connectivity index (χ4v) is 3.48. The number of ketones is 1. The van der Waals surface area contributed by atoms with Crippen LogP contribution in [-0.4, -0.2) is 28.8 Å². The first-order valence-corrected chi connectivity index (χ1v) is 9.22. The summed E-state index contributed by atoms with van der Waals surface area (Å²) in [6.45, 7) is 3.59. The largest absolute Gasteiger partial charge is 0.356 e. The van der Waals surface area contributed by atoms with Gasteiger partial charge in [0.15, 0.2) is 0 Å². The van der Waals surface area contributed by atoms with Crippen LogP contribution in [0.2, 0.25) is 0 Å². The first kappa shape index (κ1) is 18.1. The number of hydrogen-bond donors (Lipinski definition) is 0. The number of piperidine rings is 1. The van der Waals surface area contributed by atoms with Gasteiger partial charge in [-0.3, -0.25) is 4.79 Å². The molecule has 134 valence electrons. The van der Waals surface area contributed by atoms with Crippen LogP contribution in [0.15, 0.2) is 36.5 Å². The average molecular weight is 348 g/mol. The third kappa shape index (κ3) is 4.66. The van der Waals surface area contributed by atoms with Crippen LogP contribution < -0.4 is 4.90 Å². The quantitative estimate of drug-likeness (QED) is 0.799. The van der Waals surface area contributed by atoms with E-state index in [1.165, 1.54) is 5.56 Å². The minimum atomic E-state index is 0.0972. The molecule has 1 saturated heterocycles. The van der Waals surface area contributed by atoms with E-state index in [0.29, 0.717) is 17.8 Å². The maximum atomic E-state index is 12.6. The number of rotatable bonds is 6. The van der Waals surface area contributed by atoms with Crippen LogP contribution in [0.5, 0.6) is 0 Å². The zero-order chi connectivity index (χ0) is 18.4. The molecule has 0 bridgehead atoms. The van der Waals surface area contributed by atoms with Crippen LogP contribution in [-0.2, 0) is 11.2 Å². The number of aryl methyl sites for hydroxylation is 2. The molecule has 1 fully saturated rings. The van der Waals surface area contributed by atoms with Crippen LogP contribution in [0.3, 0.4) is 0 Å². The van der Waals surface area contributed by atoms with Crippen molar-refractivity contribution in [3.8, 4) is 6.07 Å². The number of nitriles is 1. The molecule has 0 amide bonds. The van der Waals surface area contributed by atoms with Gasteiger partial charge in [0.2, 0.25) is 0 Å². The summed E-state index contributed by atoms with van der Waals surface area (Å²) in [5.74, 6) is 2.14. The molecule has 1 atom stereocenters. The lowest BCUT2D eigenvalue weighted by molar-refractivity contribution is -0.123. The summed E-state index contributed by atoms with van der Waals surface area (Å²) in [5.41, 5.74) is 1.85. The average Bonchev–Trinajstić information content (AvgIpc) is 2.68. The molecule has 3 rings (SSSR count). The van der Waals surface area contributed by atoms with E-state index in [4.69, 9.17) is 5.26 Å². The van der Waals surface area contributed by atoms with E-state index in [1.54, 1.807) is 6.20 Å². The zero-order valence-corrected chi connectivity index (χ0v) is 15.2. The first-order valence-electron chi connectivity index (χ1n) is 9.22. The SMILES string of the molecule is Cc1nccc(N2CCC[C@@H](C(=O)CCCc3ccc(C#N)cc3)C2)n1. The highest BCUT2D eigenvalue weighted by Gasteiger charge is 2.26. The molecular formula is C21H24N4O. The smallest absolute Gasteiger partial charge is 0.137 e. The second-order valence-corrected chi connectivity index (χ2v) is 6.88. The first-order chi connectivity index (χ1) is 12.7. The molecule has 0 saturated carbocycles. The molecule has 2 heterocycles. The van der Waals surface area contributed by atoms with Crippen LogP contribution in [0, 0.1) is 24.2 Å². The standard InChI is InChI=1S/C21H24N4O/c1-16-23-12-11-21(24-16)25-13-3-5-19(15-25)20(26)6-2-4-17-7-9-18(14-22)10-8-17/h7-12,19H,2-6,13,15H2,1H3/t19-/m1/s1. The van der Waals surface area contributed by atoms with Gasteiger partial charge < -0.3 is 4.90 Å². The van der Waals surface area contributed by atoms with Crippen molar-refractivity contribution in [1.82, 2.24) is 9.97 Å². The molecule has 5 heteroatoms. The summed E-state index contributed by atoms with van der Waals surface area (Å²) in [6, 6.07) is 11.7. The molecule has 0 spiro atoms. The molecule has 26 heavy (non-hydrogen) atoms. The highest BCUT2D eigenvalue weighted by atomic mass is 16.1. The Morgan fingerprint density at radius 1 is 1.31 bits per heavy atom. The number of nitrogens with zero attached hydrogens (tertiary/aromatic N) is 4. The lowest BCUT2D eigenvalue weighted by Crippen LogP contribution is -2.39. The zero-order valence-electron chi connectivity index (χ0n) is 15.2. The van der Waals surface area contributed by atoms with Crippen molar-refractivity contribution in [2.45, 2.75) is 39.0 Å². The topological polar surface area (TPSA) is 69.9 Å². The van der Waals surface area contributed by atoms with Crippen LogP contribution in [0.4, 0.5) is 5.82 Å². The molecular weight excluding hydrogens is 324 g/mol. The molecule has 2 aromatic rings. The van der Waals surface area contributed by atoms with E-state index < -0.39 is 0 Å². The normalized spacial score (nSPS) is 16.9. The lowest BCUT2D eigenvalue weighted by atomic mass is 9.90. The van der Waals surface area contributed by atoms with Crippen molar-refractivity contribution < 1.29 is 4.79 Å². The van der Waals surface area contributed by atoms with Crippen molar-refractivity contribution in [2.75, 3.05) is 18.0 Å². The number of aromatic nitrogens is 2. The van der Waals surface area contributed by atoms with Crippen molar-refractivity contribution >= 4 is 11.6 Å². The Labute approximate surface area is 154 Å². The van der Waals surface area contributed by atoms with Gasteiger partial charge in [-0.05, 0) is 56.4 Å². The van der Waals surface area contributed by atoms with E-state index in [0.717, 1.165) is 50.4 Å². The molecule has 0 N–H and O–H groups in total. The van der Waals surface area contributed by atoms with Crippen molar-refractivity contribution in [3.63, 3.8) is 0 Å². The van der Waals surface area contributed by atoms with Gasteiger partial charge in [0.05, 0.1) is 11.6 Å². The minimum absolute atomic E-state index is 0.0972. The summed E-state index contributed by atoms with van der Waals surface area (Å²) in [7, 11) is 0. The second kappa shape index (κ2) is 8.57. The summed E-state index contributed by atoms with van der Waals surface area (Å²) in [6.07, 6.45) is 6.11. The van der Waals surface area contributed by atoms with Gasteiger partial charge in [0, 0.05) is 31.6 Å². The Hall–Kier alpha value is -2.74. The predicted octanol–water partition coefficient (Wildman–Crippen LogP) is 3.47. The highest BCUT2D eigenvalue weighted by molar-refractivity contribution is 5.81. The van der Waals surface area contributed by atoms with E-state index in [9.17, 15) is 4.79 Å². The fraction of sp³-hybridized carbons (Fsp3) is 0.429. The lowest BCUT2D eigenvalue weighted by Gasteiger charge is -2.33. The number of benzene rings is 1. The monoisotopic (exact) mass is 348 g/mol. The molecule has 1 aliphatic rings. The van der Waals surface area contributed by atoms with E-state index >= 15 is 0 Å². The predicted molar refractivity (Wildman–Crippen MR) is 101 cm³/mol. The Kier molecular flexibility index (Phi) is 5.96. The van der Waals surface area contributed by atoms with Gasteiger partial charge in [-0.15, -0.1) is 0 Å². The van der Waals surface area contributed by atoms with E-state index in [2.05, 4.69) is 20.9 Å². The number of anilines is 1. The van der Waals surface area contributed by atoms with Gasteiger partial charge in [-0.1, -0.05) is 12.1 Å². The Balaban J connectivity index is 1.50. The molecule has 0 radical (unpaired) electrons. The highest BCUT2D eigenvalue weighted by Crippen LogP contribution is 2.23. The summed E-state index contributed by atoms with van der Waals surface area (Å²) in [4.78, 5) is 23.5. The van der Waals surface area contributed by atoms with E-state index in [1.807, 2.05) is 37.3 Å². The molecule has 5 nitrogen and oxygen atoms in total. The third-order valence-corrected chi connectivity index (χ3v) is 4.93. The van der Waals surface area contributed by atoms with Gasteiger partial charge in [-0.2, -0.15) is 5.26 Å². The molecule has 0 aliphatic carbocycles. The van der Waals surface area contributed by atoms with Gasteiger partial charge >= 0.3 is 0 Å². The van der Waals surface area contributed by atoms with Crippen molar-refractivity contribution in [3.05, 3.63) is 53.5 Å². The Morgan fingerprint density at radius 2 is 2.12 bits per heavy atom. The maximum absolute atomic E-state index is 12.6. The van der Waals surface area contributed by atoms with E-state index in [-0.39, 0.29) is 5.92 Å². The molecule has 1 aliphatic heterocycles. The van der Waals surface area contributed by atoms with Crippen LogP contribution in [0.1, 0.15) is 42.6 Å². The second-order valence-electron chi connectivity index (χ2n) is 6.88. The number of Topliss-reactive ketones (excluding diaryl/α,β-unsaturated/α-hetero) is 1. The Bertz CT molecular complexity index is 794. The fourth-order valence-electron chi connectivity index (χ4n) is 3.48. The van der Waals surface area contributed by atoms with Crippen molar-refractivity contribution in [1.29, 1.82) is 5.26 Å². The summed E-state index contributed by atoms with van der Waals surface area (Å²) < 4.78 is 0. The Morgan fingerprint density at radius 3 is 2.85 bits per heavy atom. The van der Waals surface area contributed by atoms with Crippen LogP contribution in [0.25, 0.3) is 0 Å². The summed E-state index contributed by atoms with van der Waals surface area (Å²) >= 11 is 0. The number of hydrogen-bond acceptors (Lipinski definition) is 5. The van der Waals surface area contributed by atoms with Gasteiger partial charge in [0.25, 0.3) is 0 Å². The van der Waals surface area contributed by atoms with Gasteiger partial charge in [0.1, 0.15) is 17.4 Å². The minimum Gasteiger partial charge on any atom is -0.356 e. The van der Waals surface area contributed by atoms with Crippen LogP contribution >= 0.6 is 0 Å². The molecule has 0 unspecified atom stereocenters. The maximum Gasteiger partial charge on any atom is 0.137 e. The van der Waals surface area contributed by atoms with Crippen molar-refractivity contribution in [2.24, 2.45) is 5.92 Å².